The lowest BCUT2D eigenvalue weighted by atomic mass is 9.91. The Bertz CT molecular complexity index is 1220. The number of allylic oxidation sites excluding steroid dienone is 1. The Morgan fingerprint density at radius 1 is 0.735 bits per heavy atom. The maximum absolute atomic E-state index is 6.33. The molecule has 4 aromatic rings. The van der Waals surface area contributed by atoms with E-state index in [1.807, 2.05) is 18.2 Å². The monoisotopic (exact) mass is 464 g/mol. The third kappa shape index (κ3) is 6.27. The number of aryl methyl sites for hydroxylation is 3. The summed E-state index contributed by atoms with van der Waals surface area (Å²) in [4.78, 5) is 0. The quantitative estimate of drug-likeness (QED) is 0.231. The molecular weight excluding hydrogens is 432 g/mol. The molecule has 1 atom stereocenters. The lowest BCUT2D eigenvalue weighted by Gasteiger charge is -2.15. The van der Waals surface area contributed by atoms with Crippen LogP contribution in [0.5, 0.6) is 0 Å². The van der Waals surface area contributed by atoms with E-state index in [1.165, 1.54) is 33.4 Å². The van der Waals surface area contributed by atoms with E-state index in [0.29, 0.717) is 5.92 Å². The van der Waals surface area contributed by atoms with Crippen LogP contribution in [0.4, 0.5) is 0 Å². The first kappa shape index (κ1) is 24.0. The zero-order chi connectivity index (χ0) is 23.9. The van der Waals surface area contributed by atoms with Crippen molar-refractivity contribution in [3.05, 3.63) is 136 Å². The highest BCUT2D eigenvalue weighted by Gasteiger charge is 2.10. The number of hydrogen-bond acceptors (Lipinski definition) is 0. The van der Waals surface area contributed by atoms with Gasteiger partial charge < -0.3 is 0 Å². The van der Waals surface area contributed by atoms with Crippen LogP contribution in [0.25, 0.3) is 16.7 Å². The van der Waals surface area contributed by atoms with Crippen LogP contribution in [0, 0.1) is 6.92 Å². The molecule has 0 nitrogen and oxygen atoms in total. The highest BCUT2D eigenvalue weighted by molar-refractivity contribution is 6.32. The maximum Gasteiger partial charge on any atom is 0.0480 e. The van der Waals surface area contributed by atoms with Gasteiger partial charge in [0.05, 0.1) is 0 Å². The molecule has 0 N–H and O–H groups in total. The van der Waals surface area contributed by atoms with Gasteiger partial charge in [-0.25, -0.2) is 0 Å². The number of rotatable bonds is 9. The molecule has 34 heavy (non-hydrogen) atoms. The van der Waals surface area contributed by atoms with E-state index in [0.717, 1.165) is 41.8 Å². The Morgan fingerprint density at radius 2 is 1.26 bits per heavy atom. The van der Waals surface area contributed by atoms with Crippen LogP contribution in [0.2, 0.25) is 5.02 Å². The van der Waals surface area contributed by atoms with E-state index in [1.54, 1.807) is 0 Å². The summed E-state index contributed by atoms with van der Waals surface area (Å²) in [5, 5.41) is 0.783. The van der Waals surface area contributed by atoms with Gasteiger partial charge in [0.25, 0.3) is 0 Å². The van der Waals surface area contributed by atoms with Gasteiger partial charge in [0.1, 0.15) is 0 Å². The Kier molecular flexibility index (Phi) is 8.03. The van der Waals surface area contributed by atoms with Crippen molar-refractivity contribution in [2.24, 2.45) is 0 Å². The Morgan fingerprint density at radius 3 is 1.85 bits per heavy atom. The van der Waals surface area contributed by atoms with Crippen LogP contribution >= 0.6 is 11.6 Å². The van der Waals surface area contributed by atoms with E-state index in [-0.39, 0.29) is 0 Å². The average molecular weight is 465 g/mol. The molecule has 172 valence electrons. The van der Waals surface area contributed by atoms with Gasteiger partial charge in [-0.15, -0.1) is 0 Å². The molecule has 0 bridgehead atoms. The predicted octanol–water partition coefficient (Wildman–Crippen LogP) is 9.70. The predicted molar refractivity (Wildman–Crippen MR) is 149 cm³/mol. The SMILES string of the molecule is C=C(CCC(C)c1ccc(-c2ccc(CCc3ccc(C)cc3)cc2)cc1)c1ccccc1Cl. The molecule has 4 aromatic carbocycles. The molecule has 1 unspecified atom stereocenters. The van der Waals surface area contributed by atoms with Gasteiger partial charge >= 0.3 is 0 Å². The first-order valence-corrected chi connectivity index (χ1v) is 12.5. The molecule has 1 heteroatoms. The number of benzene rings is 4. The molecule has 0 aliphatic heterocycles. The van der Waals surface area contributed by atoms with Gasteiger partial charge in [-0.2, -0.15) is 0 Å². The normalized spacial score (nSPS) is 11.9. The molecule has 0 saturated carbocycles. The molecule has 4 rings (SSSR count). The summed E-state index contributed by atoms with van der Waals surface area (Å²) < 4.78 is 0. The van der Waals surface area contributed by atoms with Crippen molar-refractivity contribution in [2.45, 2.75) is 45.4 Å². The smallest absolute Gasteiger partial charge is 0.0480 e. The van der Waals surface area contributed by atoms with Crippen molar-refractivity contribution in [2.75, 3.05) is 0 Å². The minimum absolute atomic E-state index is 0.470. The van der Waals surface area contributed by atoms with Gasteiger partial charge in [0, 0.05) is 5.02 Å². The van der Waals surface area contributed by atoms with Crippen LogP contribution < -0.4 is 0 Å². The van der Waals surface area contributed by atoms with Gasteiger partial charge in [-0.1, -0.05) is 122 Å². The highest BCUT2D eigenvalue weighted by Crippen LogP contribution is 2.30. The summed E-state index contributed by atoms with van der Waals surface area (Å²) in [7, 11) is 0. The topological polar surface area (TPSA) is 0 Å². The van der Waals surface area contributed by atoms with Gasteiger partial charge in [-0.3, -0.25) is 0 Å². The van der Waals surface area contributed by atoms with E-state index < -0.39 is 0 Å². The molecule has 0 aromatic heterocycles. The van der Waals surface area contributed by atoms with Crippen LogP contribution in [-0.2, 0) is 12.8 Å². The summed E-state index contributed by atoms with van der Waals surface area (Å²) in [5.74, 6) is 0.470. The number of halogens is 1. The van der Waals surface area contributed by atoms with Crippen molar-refractivity contribution in [3.8, 4) is 11.1 Å². The van der Waals surface area contributed by atoms with Crippen molar-refractivity contribution < 1.29 is 0 Å². The second-order valence-electron chi connectivity index (χ2n) is 9.33. The van der Waals surface area contributed by atoms with Gasteiger partial charge in [0.2, 0.25) is 0 Å². The van der Waals surface area contributed by atoms with Crippen LogP contribution in [0.1, 0.15) is 53.5 Å². The summed E-state index contributed by atoms with van der Waals surface area (Å²) in [6.07, 6.45) is 4.14. The Balaban J connectivity index is 1.32. The summed E-state index contributed by atoms with van der Waals surface area (Å²) in [6.45, 7) is 8.68. The van der Waals surface area contributed by atoms with Crippen molar-refractivity contribution in [3.63, 3.8) is 0 Å². The van der Waals surface area contributed by atoms with E-state index in [4.69, 9.17) is 11.6 Å². The largest absolute Gasteiger partial charge is 0.0952 e. The van der Waals surface area contributed by atoms with Gasteiger partial charge in [0.15, 0.2) is 0 Å². The molecule has 0 aliphatic carbocycles. The first-order valence-electron chi connectivity index (χ1n) is 12.2. The Hall–Kier alpha value is -3.09. The van der Waals surface area contributed by atoms with Crippen molar-refractivity contribution in [1.82, 2.24) is 0 Å². The average Bonchev–Trinajstić information content (AvgIpc) is 2.87. The molecule has 0 amide bonds. The van der Waals surface area contributed by atoms with E-state index in [9.17, 15) is 0 Å². The zero-order valence-corrected chi connectivity index (χ0v) is 21.0. The lowest BCUT2D eigenvalue weighted by molar-refractivity contribution is 0.697. The van der Waals surface area contributed by atoms with Crippen molar-refractivity contribution >= 4 is 17.2 Å². The zero-order valence-electron chi connectivity index (χ0n) is 20.2. The molecule has 0 fully saturated rings. The minimum Gasteiger partial charge on any atom is -0.0952 e. The Labute approximate surface area is 210 Å². The molecule has 0 radical (unpaired) electrons. The molecule has 0 heterocycles. The summed E-state index contributed by atoms with van der Waals surface area (Å²) in [5.41, 5.74) is 10.2. The molecule has 0 aliphatic rings. The fourth-order valence-corrected chi connectivity index (χ4v) is 4.62. The minimum atomic E-state index is 0.470. The third-order valence-electron chi connectivity index (χ3n) is 6.72. The fraction of sp³-hybridized carbons (Fsp3) is 0.212. The lowest BCUT2D eigenvalue weighted by Crippen LogP contribution is -1.95. The highest BCUT2D eigenvalue weighted by atomic mass is 35.5. The van der Waals surface area contributed by atoms with Crippen LogP contribution in [0.3, 0.4) is 0 Å². The van der Waals surface area contributed by atoms with Crippen LogP contribution in [-0.4, -0.2) is 0 Å². The second kappa shape index (κ2) is 11.4. The fourth-order valence-electron chi connectivity index (χ4n) is 4.35. The van der Waals surface area contributed by atoms with Crippen molar-refractivity contribution in [1.29, 1.82) is 0 Å². The number of hydrogen-bond donors (Lipinski definition) is 0. The van der Waals surface area contributed by atoms with E-state index >= 15 is 0 Å². The summed E-state index contributed by atoms with van der Waals surface area (Å²) in [6, 6.07) is 34.9. The third-order valence-corrected chi connectivity index (χ3v) is 7.05. The first-order chi connectivity index (χ1) is 16.5. The van der Waals surface area contributed by atoms with E-state index in [2.05, 4.69) is 99.3 Å². The van der Waals surface area contributed by atoms with Gasteiger partial charge in [-0.05, 0) is 83.5 Å². The second-order valence-corrected chi connectivity index (χ2v) is 9.73. The maximum atomic E-state index is 6.33. The molecule has 0 spiro atoms. The standard InChI is InChI=1S/C33H33Cl/c1-24-8-12-27(13-9-24)14-15-28-16-18-30(19-17-28)31-22-20-29(21-23-31)25(2)10-11-26(3)32-6-4-5-7-33(32)34/h4-9,12-13,16-23,25H,3,10-11,14-15H2,1-2H3. The molecule has 0 saturated heterocycles. The molecular formula is C33H33Cl. The summed E-state index contributed by atoms with van der Waals surface area (Å²) >= 11 is 6.33. The van der Waals surface area contributed by atoms with Crippen LogP contribution in [0.15, 0.2) is 104 Å².